The van der Waals surface area contributed by atoms with Gasteiger partial charge in [-0.05, 0) is 55.3 Å². The van der Waals surface area contributed by atoms with Gasteiger partial charge in [0.1, 0.15) is 0 Å². The molecule has 7 nitrogen and oxygen atoms in total. The summed E-state index contributed by atoms with van der Waals surface area (Å²) in [6.45, 7) is 2.61. The lowest BCUT2D eigenvalue weighted by atomic mass is 10.0. The number of nitrogens with zero attached hydrogens (tertiary/aromatic N) is 5. The van der Waals surface area contributed by atoms with E-state index in [0.717, 1.165) is 37.2 Å². The average Bonchev–Trinajstić information content (AvgIpc) is 3.09. The van der Waals surface area contributed by atoms with E-state index in [1.54, 1.807) is 17.9 Å². The lowest BCUT2D eigenvalue weighted by molar-refractivity contribution is 0.258. The summed E-state index contributed by atoms with van der Waals surface area (Å²) in [6.07, 6.45) is 4.02. The van der Waals surface area contributed by atoms with Crippen LogP contribution in [0.4, 0.5) is 16.3 Å². The van der Waals surface area contributed by atoms with E-state index in [9.17, 15) is 4.79 Å². The van der Waals surface area contributed by atoms with Crippen LogP contribution < -0.4 is 10.2 Å². The van der Waals surface area contributed by atoms with Crippen molar-refractivity contribution >= 4 is 17.5 Å². The summed E-state index contributed by atoms with van der Waals surface area (Å²) in [6, 6.07) is 16.0. The summed E-state index contributed by atoms with van der Waals surface area (Å²) in [4.78, 5) is 16.5. The zero-order valence-electron chi connectivity index (χ0n) is 16.9. The van der Waals surface area contributed by atoms with E-state index in [-0.39, 0.29) is 6.03 Å². The van der Waals surface area contributed by atoms with Gasteiger partial charge in [-0.3, -0.25) is 4.90 Å². The molecule has 3 aromatic rings. The molecule has 7 heteroatoms. The van der Waals surface area contributed by atoms with Gasteiger partial charge in [0.25, 0.3) is 0 Å². The predicted octanol–water partition coefficient (Wildman–Crippen LogP) is 3.37. The molecule has 1 N–H and O–H groups in total. The van der Waals surface area contributed by atoms with Crippen molar-refractivity contribution in [2.24, 2.45) is 0 Å². The zero-order chi connectivity index (χ0) is 20.2. The number of carbonyl (C=O) groups is 1. The van der Waals surface area contributed by atoms with E-state index < -0.39 is 0 Å². The highest BCUT2D eigenvalue weighted by Gasteiger charge is 2.17. The van der Waals surface area contributed by atoms with E-state index in [4.69, 9.17) is 0 Å². The molecular formula is C22H26N6O. The molecule has 0 atom stereocenters. The quantitative estimate of drug-likeness (QED) is 0.742. The summed E-state index contributed by atoms with van der Waals surface area (Å²) >= 11 is 0. The summed E-state index contributed by atoms with van der Waals surface area (Å²) < 4.78 is 1.73. The van der Waals surface area contributed by atoms with Gasteiger partial charge in [0, 0.05) is 19.3 Å². The first-order valence-corrected chi connectivity index (χ1v) is 9.87. The molecule has 1 aliphatic heterocycles. The van der Waals surface area contributed by atoms with Crippen molar-refractivity contribution in [3.8, 4) is 0 Å². The Bertz CT molecular complexity index is 984. The molecule has 4 rings (SSSR count). The van der Waals surface area contributed by atoms with Crippen molar-refractivity contribution in [1.82, 2.24) is 19.9 Å². The zero-order valence-corrected chi connectivity index (χ0v) is 16.9. The number of carbonyl (C=O) groups excluding carboxylic acids is 1. The van der Waals surface area contributed by atoms with Crippen LogP contribution in [0.2, 0.25) is 0 Å². The molecule has 2 heterocycles. The highest BCUT2D eigenvalue weighted by atomic mass is 16.2. The molecule has 2 amide bonds. The van der Waals surface area contributed by atoms with Crippen LogP contribution in [0.15, 0.2) is 54.7 Å². The third-order valence-electron chi connectivity index (χ3n) is 5.25. The number of amides is 2. The fourth-order valence-corrected chi connectivity index (χ4v) is 3.61. The maximum absolute atomic E-state index is 12.7. The summed E-state index contributed by atoms with van der Waals surface area (Å²) in [5.41, 5.74) is 4.57. The molecule has 0 bridgehead atoms. The van der Waals surface area contributed by atoms with Crippen LogP contribution in [0.1, 0.15) is 23.1 Å². The Morgan fingerprint density at radius 3 is 2.83 bits per heavy atom. The van der Waals surface area contributed by atoms with Crippen LogP contribution in [0.3, 0.4) is 0 Å². The third-order valence-corrected chi connectivity index (χ3v) is 5.25. The number of urea groups is 1. The van der Waals surface area contributed by atoms with Crippen molar-refractivity contribution in [3.05, 3.63) is 71.4 Å². The maximum atomic E-state index is 12.7. The van der Waals surface area contributed by atoms with Crippen molar-refractivity contribution in [3.63, 3.8) is 0 Å². The number of fused-ring (bicyclic) bond motifs is 1. The molecule has 0 saturated carbocycles. The Hall–Kier alpha value is -3.19. The van der Waals surface area contributed by atoms with E-state index in [0.29, 0.717) is 12.4 Å². The van der Waals surface area contributed by atoms with Crippen LogP contribution in [0, 0.1) is 0 Å². The summed E-state index contributed by atoms with van der Waals surface area (Å²) in [7, 11) is 3.83. The molecule has 1 aromatic heterocycles. The van der Waals surface area contributed by atoms with Gasteiger partial charge in [-0.2, -0.15) is 0 Å². The number of aromatic nitrogens is 3. The highest BCUT2D eigenvalue weighted by Crippen LogP contribution is 2.22. The van der Waals surface area contributed by atoms with Gasteiger partial charge in [0.15, 0.2) is 5.82 Å². The monoisotopic (exact) mass is 390 g/mol. The molecule has 0 unspecified atom stereocenters. The minimum Gasteiger partial charge on any atom is -0.308 e. The smallest absolute Gasteiger partial charge is 0.308 e. The van der Waals surface area contributed by atoms with Gasteiger partial charge in [-0.1, -0.05) is 41.6 Å². The lowest BCUT2D eigenvalue weighted by Crippen LogP contribution is -2.31. The Labute approximate surface area is 170 Å². The van der Waals surface area contributed by atoms with Crippen LogP contribution in [0.5, 0.6) is 0 Å². The second-order valence-corrected chi connectivity index (χ2v) is 7.57. The fraction of sp³-hybridized carbons (Fsp3) is 0.318. The molecule has 1 aliphatic rings. The number of hydrogen-bond donors (Lipinski definition) is 1. The lowest BCUT2D eigenvalue weighted by Gasteiger charge is -2.17. The minimum absolute atomic E-state index is 0.237. The van der Waals surface area contributed by atoms with Gasteiger partial charge < -0.3 is 10.2 Å². The Balaban J connectivity index is 1.42. The standard InChI is InChI=1S/C22H26N6O/c1-26-12-6-9-18-10-11-20(13-19(18)15-26)23-22(29)27(2)21-16-28(25-24-21)14-17-7-4-3-5-8-17/h3-5,7-8,10-11,13,16H,6,9,12,14-15H2,1-2H3,(H,23,29). The molecule has 0 spiro atoms. The number of rotatable bonds is 4. The van der Waals surface area contributed by atoms with E-state index in [1.807, 2.05) is 36.4 Å². The molecule has 29 heavy (non-hydrogen) atoms. The van der Waals surface area contributed by atoms with Gasteiger partial charge in [0.2, 0.25) is 0 Å². The number of aryl methyl sites for hydroxylation is 1. The van der Waals surface area contributed by atoms with Crippen LogP contribution in [-0.2, 0) is 19.5 Å². The second-order valence-electron chi connectivity index (χ2n) is 7.57. The van der Waals surface area contributed by atoms with Crippen molar-refractivity contribution in [1.29, 1.82) is 0 Å². The van der Waals surface area contributed by atoms with Gasteiger partial charge >= 0.3 is 6.03 Å². The molecule has 0 aliphatic carbocycles. The molecule has 0 saturated heterocycles. The number of anilines is 2. The first-order chi connectivity index (χ1) is 14.1. The minimum atomic E-state index is -0.237. The molecule has 150 valence electrons. The number of hydrogen-bond acceptors (Lipinski definition) is 4. The third kappa shape index (κ3) is 4.63. The van der Waals surface area contributed by atoms with E-state index in [1.165, 1.54) is 16.0 Å². The second kappa shape index (κ2) is 8.45. The van der Waals surface area contributed by atoms with Gasteiger partial charge in [-0.15, -0.1) is 5.10 Å². The van der Waals surface area contributed by atoms with E-state index >= 15 is 0 Å². The number of benzene rings is 2. The predicted molar refractivity (Wildman–Crippen MR) is 114 cm³/mol. The van der Waals surface area contributed by atoms with Gasteiger partial charge in [0.05, 0.1) is 12.7 Å². The Morgan fingerprint density at radius 1 is 1.17 bits per heavy atom. The topological polar surface area (TPSA) is 66.3 Å². The molecular weight excluding hydrogens is 364 g/mol. The first-order valence-electron chi connectivity index (χ1n) is 9.87. The van der Waals surface area contributed by atoms with Crippen molar-refractivity contribution < 1.29 is 4.79 Å². The average molecular weight is 390 g/mol. The summed E-state index contributed by atoms with van der Waals surface area (Å²) in [5, 5.41) is 11.3. The van der Waals surface area contributed by atoms with Crippen molar-refractivity contribution in [2.75, 3.05) is 30.9 Å². The number of nitrogens with one attached hydrogen (secondary N) is 1. The van der Waals surface area contributed by atoms with Crippen LogP contribution >= 0.6 is 0 Å². The molecule has 0 fully saturated rings. The molecule has 2 aromatic carbocycles. The summed E-state index contributed by atoms with van der Waals surface area (Å²) in [5.74, 6) is 0.507. The SMILES string of the molecule is CN1CCCc2ccc(NC(=O)N(C)c3cn(Cc4ccccc4)nn3)cc2C1. The largest absolute Gasteiger partial charge is 0.327 e. The maximum Gasteiger partial charge on any atom is 0.327 e. The first kappa shape index (κ1) is 19.1. The van der Waals surface area contributed by atoms with E-state index in [2.05, 4.69) is 39.7 Å². The van der Waals surface area contributed by atoms with Gasteiger partial charge in [-0.25, -0.2) is 9.48 Å². The van der Waals surface area contributed by atoms with Crippen molar-refractivity contribution in [2.45, 2.75) is 25.9 Å². The van der Waals surface area contributed by atoms with Crippen LogP contribution in [0.25, 0.3) is 0 Å². The fourth-order valence-electron chi connectivity index (χ4n) is 3.61. The normalized spacial score (nSPS) is 14.1. The Kier molecular flexibility index (Phi) is 5.57. The molecule has 0 radical (unpaired) electrons. The van der Waals surface area contributed by atoms with Crippen LogP contribution in [-0.4, -0.2) is 46.6 Å². The Morgan fingerprint density at radius 2 is 2.00 bits per heavy atom. The highest BCUT2D eigenvalue weighted by molar-refractivity contribution is 6.00.